The van der Waals surface area contributed by atoms with Crippen LogP contribution in [-0.4, -0.2) is 49.2 Å². The number of nitrogens with one attached hydrogen (secondary N) is 1. The number of ether oxygens (including phenoxy) is 1. The van der Waals surface area contributed by atoms with Gasteiger partial charge in [0.2, 0.25) is 5.91 Å². The smallest absolute Gasteiger partial charge is 0.246 e. The van der Waals surface area contributed by atoms with E-state index in [0.717, 1.165) is 25.9 Å². The number of hydrogen-bond donors (Lipinski definition) is 1. The van der Waals surface area contributed by atoms with E-state index in [4.69, 9.17) is 4.74 Å². The molecule has 1 N–H and O–H groups in total. The van der Waals surface area contributed by atoms with Crippen LogP contribution in [0.5, 0.6) is 0 Å². The van der Waals surface area contributed by atoms with Gasteiger partial charge in [-0.1, -0.05) is 13.3 Å². The fourth-order valence-corrected chi connectivity index (χ4v) is 2.19. The summed E-state index contributed by atoms with van der Waals surface area (Å²) in [7, 11) is 0. The Hall–Kier alpha value is -0.610. The average Bonchev–Trinajstić information content (AvgIpc) is 2.35. The van der Waals surface area contributed by atoms with E-state index >= 15 is 0 Å². The zero-order valence-corrected chi connectivity index (χ0v) is 12.1. The van der Waals surface area contributed by atoms with E-state index in [0.29, 0.717) is 6.04 Å². The molecule has 0 aromatic heterocycles. The molecule has 0 aliphatic carbocycles. The molecule has 1 saturated heterocycles. The molecule has 4 nitrogen and oxygen atoms in total. The van der Waals surface area contributed by atoms with Gasteiger partial charge in [0.1, 0.15) is 6.61 Å². The zero-order valence-electron chi connectivity index (χ0n) is 12.1. The molecular weight excluding hydrogens is 228 g/mol. The van der Waals surface area contributed by atoms with Crippen molar-refractivity contribution in [1.82, 2.24) is 10.2 Å². The molecular formula is C14H28N2O2. The second kappa shape index (κ2) is 8.48. The molecule has 4 heteroatoms. The van der Waals surface area contributed by atoms with Crippen LogP contribution in [0.3, 0.4) is 0 Å². The summed E-state index contributed by atoms with van der Waals surface area (Å²) in [5.41, 5.74) is 0. The van der Waals surface area contributed by atoms with Crippen LogP contribution >= 0.6 is 0 Å². The summed E-state index contributed by atoms with van der Waals surface area (Å²) in [5, 5.41) is 3.06. The average molecular weight is 256 g/mol. The SMILES string of the molecule is CCCCN1CCC(NC(=O)COC(C)C)CC1. The number of carbonyl (C=O) groups is 1. The van der Waals surface area contributed by atoms with E-state index < -0.39 is 0 Å². The van der Waals surface area contributed by atoms with Gasteiger partial charge in [-0.05, 0) is 39.7 Å². The molecule has 0 atom stereocenters. The van der Waals surface area contributed by atoms with Crippen LogP contribution in [-0.2, 0) is 9.53 Å². The molecule has 0 radical (unpaired) electrons. The van der Waals surface area contributed by atoms with Gasteiger partial charge in [0.05, 0.1) is 6.10 Å². The van der Waals surface area contributed by atoms with Crippen molar-refractivity contribution in [3.63, 3.8) is 0 Å². The Kier molecular flexibility index (Phi) is 7.28. The summed E-state index contributed by atoms with van der Waals surface area (Å²) in [4.78, 5) is 14.1. The lowest BCUT2D eigenvalue weighted by atomic mass is 10.0. The normalized spacial score (nSPS) is 18.2. The van der Waals surface area contributed by atoms with Gasteiger partial charge in [0.25, 0.3) is 0 Å². The number of unbranched alkanes of at least 4 members (excludes halogenated alkanes) is 1. The van der Waals surface area contributed by atoms with Crippen LogP contribution in [0, 0.1) is 0 Å². The first-order valence-corrected chi connectivity index (χ1v) is 7.25. The maximum Gasteiger partial charge on any atom is 0.246 e. The van der Waals surface area contributed by atoms with Crippen LogP contribution in [0.4, 0.5) is 0 Å². The van der Waals surface area contributed by atoms with Crippen LogP contribution in [0.25, 0.3) is 0 Å². The summed E-state index contributed by atoms with van der Waals surface area (Å²) < 4.78 is 5.30. The fraction of sp³-hybridized carbons (Fsp3) is 0.929. The number of piperidine rings is 1. The van der Waals surface area contributed by atoms with Gasteiger partial charge >= 0.3 is 0 Å². The van der Waals surface area contributed by atoms with Gasteiger partial charge < -0.3 is 15.0 Å². The quantitative estimate of drug-likeness (QED) is 0.755. The molecule has 1 fully saturated rings. The molecule has 1 aliphatic heterocycles. The third-order valence-corrected chi connectivity index (χ3v) is 3.33. The predicted molar refractivity (Wildman–Crippen MR) is 73.6 cm³/mol. The van der Waals surface area contributed by atoms with Crippen molar-refractivity contribution in [1.29, 1.82) is 0 Å². The minimum absolute atomic E-state index is 0.0238. The topological polar surface area (TPSA) is 41.6 Å². The standard InChI is InChI=1S/C14H28N2O2/c1-4-5-8-16-9-6-13(7-10-16)15-14(17)11-18-12(2)3/h12-13H,4-11H2,1-3H3,(H,15,17). The molecule has 1 amide bonds. The highest BCUT2D eigenvalue weighted by Crippen LogP contribution is 2.11. The van der Waals surface area contributed by atoms with Crippen LogP contribution < -0.4 is 5.32 Å². The Bertz CT molecular complexity index is 236. The van der Waals surface area contributed by atoms with Gasteiger partial charge in [-0.15, -0.1) is 0 Å². The second-order valence-corrected chi connectivity index (χ2v) is 5.40. The molecule has 1 heterocycles. The lowest BCUT2D eigenvalue weighted by Crippen LogP contribution is -2.45. The van der Waals surface area contributed by atoms with Crippen molar-refractivity contribution in [3.8, 4) is 0 Å². The Morgan fingerprint density at radius 1 is 1.39 bits per heavy atom. The maximum atomic E-state index is 11.6. The monoisotopic (exact) mass is 256 g/mol. The van der Waals surface area contributed by atoms with Crippen LogP contribution in [0.15, 0.2) is 0 Å². The van der Waals surface area contributed by atoms with E-state index in [2.05, 4.69) is 17.1 Å². The predicted octanol–water partition coefficient (Wildman–Crippen LogP) is 1.79. The Morgan fingerprint density at radius 3 is 2.61 bits per heavy atom. The first kappa shape index (κ1) is 15.4. The molecule has 1 rings (SSSR count). The molecule has 0 saturated carbocycles. The van der Waals surface area contributed by atoms with Gasteiger partial charge in [0.15, 0.2) is 0 Å². The summed E-state index contributed by atoms with van der Waals surface area (Å²) in [5.74, 6) is 0.0238. The molecule has 0 spiro atoms. The Balaban J connectivity index is 2.13. The number of hydrogen-bond acceptors (Lipinski definition) is 3. The van der Waals surface area contributed by atoms with Gasteiger partial charge in [0, 0.05) is 19.1 Å². The zero-order chi connectivity index (χ0) is 13.4. The van der Waals surface area contributed by atoms with E-state index in [1.807, 2.05) is 13.8 Å². The van der Waals surface area contributed by atoms with Crippen molar-refractivity contribution in [2.45, 2.75) is 58.6 Å². The number of rotatable bonds is 7. The summed E-state index contributed by atoms with van der Waals surface area (Å²) in [6.45, 7) is 9.72. The first-order chi connectivity index (χ1) is 8.61. The van der Waals surface area contributed by atoms with Crippen molar-refractivity contribution in [2.24, 2.45) is 0 Å². The number of carbonyl (C=O) groups excluding carboxylic acids is 1. The maximum absolute atomic E-state index is 11.6. The van der Waals surface area contributed by atoms with Crippen LogP contribution in [0.2, 0.25) is 0 Å². The minimum Gasteiger partial charge on any atom is -0.369 e. The van der Waals surface area contributed by atoms with Crippen molar-refractivity contribution >= 4 is 5.91 Å². The highest BCUT2D eigenvalue weighted by Gasteiger charge is 2.20. The second-order valence-electron chi connectivity index (χ2n) is 5.40. The molecule has 0 aromatic carbocycles. The number of nitrogens with zero attached hydrogens (tertiary/aromatic N) is 1. The fourth-order valence-electron chi connectivity index (χ4n) is 2.19. The van der Waals surface area contributed by atoms with Crippen LogP contribution in [0.1, 0.15) is 46.5 Å². The van der Waals surface area contributed by atoms with Gasteiger partial charge in [-0.3, -0.25) is 4.79 Å². The summed E-state index contributed by atoms with van der Waals surface area (Å²) in [6, 6.07) is 0.339. The summed E-state index contributed by atoms with van der Waals surface area (Å²) >= 11 is 0. The highest BCUT2D eigenvalue weighted by molar-refractivity contribution is 5.77. The Morgan fingerprint density at radius 2 is 2.06 bits per heavy atom. The lowest BCUT2D eigenvalue weighted by Gasteiger charge is -2.32. The lowest BCUT2D eigenvalue weighted by molar-refractivity contribution is -0.128. The largest absolute Gasteiger partial charge is 0.369 e. The van der Waals surface area contributed by atoms with E-state index in [9.17, 15) is 4.79 Å². The van der Waals surface area contributed by atoms with E-state index in [1.54, 1.807) is 0 Å². The third-order valence-electron chi connectivity index (χ3n) is 3.33. The van der Waals surface area contributed by atoms with E-state index in [1.165, 1.54) is 19.4 Å². The Labute approximate surface area is 111 Å². The number of amides is 1. The number of likely N-dealkylation sites (tertiary alicyclic amines) is 1. The molecule has 18 heavy (non-hydrogen) atoms. The molecule has 0 unspecified atom stereocenters. The van der Waals surface area contributed by atoms with Crippen molar-refractivity contribution in [3.05, 3.63) is 0 Å². The van der Waals surface area contributed by atoms with Crippen molar-refractivity contribution < 1.29 is 9.53 Å². The molecule has 1 aliphatic rings. The molecule has 0 aromatic rings. The summed E-state index contributed by atoms with van der Waals surface area (Å²) in [6.07, 6.45) is 4.78. The van der Waals surface area contributed by atoms with Gasteiger partial charge in [-0.2, -0.15) is 0 Å². The molecule has 106 valence electrons. The highest BCUT2D eigenvalue weighted by atomic mass is 16.5. The minimum atomic E-state index is 0.0238. The van der Waals surface area contributed by atoms with Gasteiger partial charge in [-0.25, -0.2) is 0 Å². The van der Waals surface area contributed by atoms with Crippen molar-refractivity contribution in [2.75, 3.05) is 26.2 Å². The van der Waals surface area contributed by atoms with E-state index in [-0.39, 0.29) is 18.6 Å². The third kappa shape index (κ3) is 6.36. The first-order valence-electron chi connectivity index (χ1n) is 7.25. The molecule has 0 bridgehead atoms.